The van der Waals surface area contributed by atoms with Crippen LogP contribution in [0.5, 0.6) is 5.75 Å². The maximum atomic E-state index is 12.9. The highest BCUT2D eigenvalue weighted by molar-refractivity contribution is 6.01. The third kappa shape index (κ3) is 21.6. The van der Waals surface area contributed by atoms with Crippen molar-refractivity contribution in [3.05, 3.63) is 157 Å². The van der Waals surface area contributed by atoms with Crippen LogP contribution in [0.25, 0.3) is 11.1 Å². The average molecular weight is 940 g/mol. The van der Waals surface area contributed by atoms with Crippen LogP contribution in [0.3, 0.4) is 0 Å². The van der Waals surface area contributed by atoms with Crippen molar-refractivity contribution in [2.45, 2.75) is 98.6 Å². The van der Waals surface area contributed by atoms with Gasteiger partial charge in [0.05, 0.1) is 24.2 Å². The largest absolute Gasteiger partial charge is 0.489 e. The van der Waals surface area contributed by atoms with Crippen molar-refractivity contribution >= 4 is 35.5 Å². The molecule has 2 heterocycles. The van der Waals surface area contributed by atoms with E-state index in [-0.39, 0.29) is 54.5 Å². The highest BCUT2D eigenvalue weighted by Crippen LogP contribution is 2.35. The van der Waals surface area contributed by atoms with Gasteiger partial charge in [-0.15, -0.1) is 0 Å². The van der Waals surface area contributed by atoms with E-state index in [0.29, 0.717) is 44.4 Å². The molecule has 2 aliphatic rings. The third-order valence-corrected chi connectivity index (χ3v) is 10.2. The quantitative estimate of drug-likeness (QED) is 0.0471. The first-order valence-corrected chi connectivity index (χ1v) is 22.1. The van der Waals surface area contributed by atoms with Crippen LogP contribution in [-0.4, -0.2) is 77.1 Å². The van der Waals surface area contributed by atoms with Crippen molar-refractivity contribution in [2.75, 3.05) is 24.7 Å². The normalized spacial score (nSPS) is 17.4. The summed E-state index contributed by atoms with van der Waals surface area (Å²) in [7, 11) is 0. The number of ether oxygens (including phenoxy) is 4. The number of carboxylic acids is 2. The number of nitrogens with zero attached hydrogens (tertiary/aromatic N) is 1. The number of para-hydroxylation sites is 1. The molecule has 0 radical (unpaired) electrons. The van der Waals surface area contributed by atoms with Gasteiger partial charge in [-0.25, -0.2) is 4.39 Å². The van der Waals surface area contributed by atoms with Crippen LogP contribution in [0.1, 0.15) is 96.1 Å². The second-order valence-electron chi connectivity index (χ2n) is 15.9. The maximum absolute atomic E-state index is 12.9. The molecule has 4 aromatic rings. The molecule has 2 aliphatic heterocycles. The number of carboxylic acid groups (broad SMARTS) is 2. The molecule has 5 atom stereocenters. The van der Waals surface area contributed by atoms with Crippen LogP contribution in [0.2, 0.25) is 0 Å². The lowest BCUT2D eigenvalue weighted by atomic mass is 9.90. The van der Waals surface area contributed by atoms with E-state index < -0.39 is 18.0 Å². The number of amides is 1. The third-order valence-electron chi connectivity index (χ3n) is 10.2. The van der Waals surface area contributed by atoms with Crippen LogP contribution < -0.4 is 9.64 Å². The molecule has 0 spiro atoms. The summed E-state index contributed by atoms with van der Waals surface area (Å²) in [4.78, 5) is 54.7. The molecular formula is C54H66FNO12. The van der Waals surface area contributed by atoms with Crippen molar-refractivity contribution in [3.8, 4) is 16.9 Å². The van der Waals surface area contributed by atoms with Gasteiger partial charge in [-0.05, 0) is 97.3 Å². The summed E-state index contributed by atoms with van der Waals surface area (Å²) in [6.07, 6.45) is 6.01. The molecule has 0 aromatic heterocycles. The minimum absolute atomic E-state index is 0.0321. The summed E-state index contributed by atoms with van der Waals surface area (Å²) >= 11 is 0. The summed E-state index contributed by atoms with van der Waals surface area (Å²) in [5.74, 6) is -1.72. The Labute approximate surface area is 399 Å². The van der Waals surface area contributed by atoms with Crippen molar-refractivity contribution in [1.29, 1.82) is 0 Å². The van der Waals surface area contributed by atoms with Crippen molar-refractivity contribution < 1.29 is 62.6 Å². The number of hydrogen-bond donors (Lipinski definition) is 3. The van der Waals surface area contributed by atoms with Crippen LogP contribution in [0, 0.1) is 18.7 Å². The van der Waals surface area contributed by atoms with Gasteiger partial charge in [0.1, 0.15) is 30.9 Å². The Morgan fingerprint density at radius 2 is 1.43 bits per heavy atom. The van der Waals surface area contributed by atoms with Crippen LogP contribution in [0.4, 0.5) is 10.1 Å². The fraction of sp³-hybridized carbons (Fsp3) is 0.352. The number of carbonyl (C=O) groups excluding carboxylic acids is 3. The number of aliphatic hydroxyl groups excluding tert-OH is 1. The second kappa shape index (κ2) is 30.4. The number of aryl methyl sites for hydroxylation is 1. The van der Waals surface area contributed by atoms with E-state index in [2.05, 4.69) is 43.5 Å². The predicted molar refractivity (Wildman–Crippen MR) is 260 cm³/mol. The molecule has 2 fully saturated rings. The zero-order valence-electron chi connectivity index (χ0n) is 40.1. The molecule has 4 aromatic carbocycles. The number of halogens is 1. The summed E-state index contributed by atoms with van der Waals surface area (Å²) in [5.41, 5.74) is 7.01. The van der Waals surface area contributed by atoms with E-state index in [4.69, 9.17) is 38.7 Å². The van der Waals surface area contributed by atoms with Gasteiger partial charge in [-0.2, -0.15) is 0 Å². The van der Waals surface area contributed by atoms with Gasteiger partial charge < -0.3 is 39.2 Å². The van der Waals surface area contributed by atoms with Gasteiger partial charge >= 0.3 is 11.9 Å². The topological polar surface area (TPSA) is 186 Å². The first kappa shape index (κ1) is 57.2. The van der Waals surface area contributed by atoms with Crippen LogP contribution >= 0.6 is 0 Å². The van der Waals surface area contributed by atoms with Crippen molar-refractivity contribution in [3.63, 3.8) is 0 Å². The average Bonchev–Trinajstić information content (AvgIpc) is 3.30. The number of aliphatic carboxylic acids is 2. The Kier molecular flexibility index (Phi) is 25.6. The number of allylic oxidation sites excluding steroid dienone is 3. The number of benzene rings is 4. The first-order chi connectivity index (χ1) is 32.3. The lowest BCUT2D eigenvalue weighted by Crippen LogP contribution is -2.52. The SMILES string of the molecule is C/C=C(\C)COc1cc(-c2ccc(C3CC(OC(C)=O)CC(COC(C)=O)O3)cc2)ccc1C.C=CC=C.CC(=O)O.CC(=O)O.O=C1[C@H](CCC(O)c2ccc(F)cc2)CN1c1ccccc1. The molecule has 1 amide bonds. The Morgan fingerprint density at radius 3 is 1.96 bits per heavy atom. The van der Waals surface area contributed by atoms with E-state index in [1.165, 1.54) is 31.6 Å². The summed E-state index contributed by atoms with van der Waals surface area (Å²) < 4.78 is 35.6. The Hall–Kier alpha value is -6.90. The Morgan fingerprint density at radius 1 is 0.838 bits per heavy atom. The number of hydrogen-bond acceptors (Lipinski definition) is 10. The molecule has 6 rings (SSSR count). The summed E-state index contributed by atoms with van der Waals surface area (Å²) in [5, 5.41) is 24.9. The lowest BCUT2D eigenvalue weighted by molar-refractivity contribution is -0.169. The molecule has 0 saturated carbocycles. The first-order valence-electron chi connectivity index (χ1n) is 22.1. The summed E-state index contributed by atoms with van der Waals surface area (Å²) in [6, 6.07) is 29.8. The molecule has 3 N–H and O–H groups in total. The monoisotopic (exact) mass is 939 g/mol. The molecule has 4 unspecified atom stereocenters. The van der Waals surface area contributed by atoms with Crippen LogP contribution in [-0.2, 0) is 38.2 Å². The fourth-order valence-electron chi connectivity index (χ4n) is 6.70. The molecule has 0 bridgehead atoms. The van der Waals surface area contributed by atoms with Gasteiger partial charge in [0.2, 0.25) is 5.91 Å². The van der Waals surface area contributed by atoms with Crippen molar-refractivity contribution in [1.82, 2.24) is 0 Å². The van der Waals surface area contributed by atoms with Gasteiger partial charge in [0, 0.05) is 52.8 Å². The zero-order chi connectivity index (χ0) is 50.8. The number of anilines is 1. The zero-order valence-corrected chi connectivity index (χ0v) is 40.1. The molecule has 14 heteroatoms. The van der Waals surface area contributed by atoms with Gasteiger partial charge in [-0.3, -0.25) is 24.0 Å². The Balaban J connectivity index is 0.000000396. The molecule has 2 saturated heterocycles. The molecule has 68 heavy (non-hydrogen) atoms. The number of aliphatic hydroxyl groups is 1. The van der Waals surface area contributed by atoms with Gasteiger partial charge in [-0.1, -0.05) is 98.1 Å². The van der Waals surface area contributed by atoms with E-state index in [1.807, 2.05) is 69.3 Å². The summed E-state index contributed by atoms with van der Waals surface area (Å²) in [6.45, 7) is 19.2. The molecule has 13 nitrogen and oxygen atoms in total. The highest BCUT2D eigenvalue weighted by atomic mass is 19.1. The van der Waals surface area contributed by atoms with Gasteiger partial charge in [0.25, 0.3) is 11.9 Å². The van der Waals surface area contributed by atoms with Gasteiger partial charge in [0.15, 0.2) is 0 Å². The minimum Gasteiger partial charge on any atom is -0.489 e. The molecule has 366 valence electrons. The number of carbonyl (C=O) groups is 5. The number of rotatable bonds is 14. The predicted octanol–water partition coefficient (Wildman–Crippen LogP) is 10.6. The highest BCUT2D eigenvalue weighted by Gasteiger charge is 2.37. The number of esters is 2. The molecule has 0 aliphatic carbocycles. The van der Waals surface area contributed by atoms with E-state index in [1.54, 1.807) is 29.2 Å². The van der Waals surface area contributed by atoms with Crippen LogP contribution in [0.15, 0.2) is 134 Å². The lowest BCUT2D eigenvalue weighted by Gasteiger charge is -2.38. The van der Waals surface area contributed by atoms with E-state index in [9.17, 15) is 23.9 Å². The second-order valence-corrected chi connectivity index (χ2v) is 15.9. The van der Waals surface area contributed by atoms with E-state index >= 15 is 0 Å². The number of β-lactam (4-membered cyclic amide) rings is 1. The standard InChI is InChI=1S/C28H34O6.C18H18FNO2.C4H6.2C2H4O2/c1-6-18(2)16-32-27-13-24(8-7-19(27)3)22-9-11-23(12-10-22)28-15-25(33-21(5)30)14-26(34-28)17-31-20(4)29;19-15-9-6-13(7-10-15)17(21)11-8-14-12-20(18(14)22)16-4-2-1-3-5-16;1-3-4-2;2*1-2(3)4/h6-13,25-26,28H,14-17H2,1-5H3;1-7,9-10,14,17,21H,8,11-12H2;3-4H,1-2H2;2*1H3,(H,3,4)/b18-6+;;;;/t;14-,17?;;;/m.1.../s1. The smallest absolute Gasteiger partial charge is 0.302 e. The van der Waals surface area contributed by atoms with Crippen molar-refractivity contribution in [2.24, 2.45) is 5.92 Å². The fourth-order valence-corrected chi connectivity index (χ4v) is 6.70. The molecular weight excluding hydrogens is 874 g/mol. The van der Waals surface area contributed by atoms with E-state index in [0.717, 1.165) is 47.5 Å². The minimum atomic E-state index is -0.833. The maximum Gasteiger partial charge on any atom is 0.302 e. The Bertz CT molecular complexity index is 2230.